The molecule has 150 valence electrons. The average molecular weight is 377 g/mol. The predicted octanol–water partition coefficient (Wildman–Crippen LogP) is 2.17. The lowest BCUT2D eigenvalue weighted by molar-refractivity contribution is -0.147. The average Bonchev–Trinajstić information content (AvgIpc) is 3.09. The summed E-state index contributed by atoms with van der Waals surface area (Å²) in [6, 6.07) is 8.36. The van der Waals surface area contributed by atoms with Crippen LogP contribution >= 0.6 is 0 Å². The number of para-hydroxylation sites is 2. The molecule has 0 aliphatic carbocycles. The summed E-state index contributed by atoms with van der Waals surface area (Å²) in [4.78, 5) is 18.5. The summed E-state index contributed by atoms with van der Waals surface area (Å²) < 4.78 is 10.6. The first-order valence-corrected chi connectivity index (χ1v) is 9.65. The number of aliphatic imine (C=N–C) groups is 1. The highest BCUT2D eigenvalue weighted by atomic mass is 16.5. The summed E-state index contributed by atoms with van der Waals surface area (Å²) in [7, 11) is 1.70. The topological polar surface area (TPSA) is 75.2 Å². The Bertz CT molecular complexity index is 633. The third kappa shape index (κ3) is 6.66. The van der Waals surface area contributed by atoms with E-state index in [1.54, 1.807) is 7.11 Å². The van der Waals surface area contributed by atoms with Crippen LogP contribution in [0.5, 0.6) is 5.75 Å². The van der Waals surface area contributed by atoms with Crippen molar-refractivity contribution in [3.63, 3.8) is 0 Å². The normalized spacial score (nSPS) is 17.1. The van der Waals surface area contributed by atoms with Crippen LogP contribution in [0, 0.1) is 0 Å². The fourth-order valence-electron chi connectivity index (χ4n) is 3.08. The number of hydrogen-bond acceptors (Lipinski definition) is 5. The number of hydrogen-bond donors (Lipinski definition) is 2. The van der Waals surface area contributed by atoms with Crippen molar-refractivity contribution in [2.75, 3.05) is 38.2 Å². The maximum Gasteiger partial charge on any atom is 0.307 e. The first-order valence-electron chi connectivity index (χ1n) is 9.65. The van der Waals surface area contributed by atoms with E-state index in [2.05, 4.69) is 26.6 Å². The Morgan fingerprint density at radius 1 is 1.37 bits per heavy atom. The van der Waals surface area contributed by atoms with Crippen molar-refractivity contribution in [1.29, 1.82) is 0 Å². The Kier molecular flexibility index (Phi) is 8.23. The highest BCUT2D eigenvalue weighted by Gasteiger charge is 2.25. The van der Waals surface area contributed by atoms with Gasteiger partial charge in [-0.1, -0.05) is 12.1 Å². The van der Waals surface area contributed by atoms with Gasteiger partial charge in [0.1, 0.15) is 5.75 Å². The van der Waals surface area contributed by atoms with Crippen molar-refractivity contribution in [1.82, 2.24) is 10.6 Å². The Morgan fingerprint density at radius 2 is 2.15 bits per heavy atom. The highest BCUT2D eigenvalue weighted by molar-refractivity contribution is 5.80. The standard InChI is InChI=1S/C20H32N4O3/c1-5-21-20(22-12-10-19(25)27-15(2)3)23-16-11-13-24(14-16)17-8-6-7-9-18(17)26-4/h6-9,15-16H,5,10-14H2,1-4H3,(H2,21,22,23). The van der Waals surface area contributed by atoms with E-state index in [1.165, 1.54) is 0 Å². The minimum atomic E-state index is -0.215. The van der Waals surface area contributed by atoms with Gasteiger partial charge in [-0.25, -0.2) is 0 Å². The summed E-state index contributed by atoms with van der Waals surface area (Å²) >= 11 is 0. The minimum Gasteiger partial charge on any atom is -0.495 e. The van der Waals surface area contributed by atoms with Gasteiger partial charge in [0, 0.05) is 25.7 Å². The zero-order chi connectivity index (χ0) is 19.6. The molecule has 0 saturated carbocycles. The van der Waals surface area contributed by atoms with Gasteiger partial charge in [-0.2, -0.15) is 0 Å². The van der Waals surface area contributed by atoms with E-state index in [9.17, 15) is 4.79 Å². The number of carbonyl (C=O) groups excluding carboxylic acids is 1. The fraction of sp³-hybridized carbons (Fsp3) is 0.600. The molecule has 1 aromatic rings. The molecule has 1 aromatic carbocycles. The number of methoxy groups -OCH3 is 1. The third-order valence-corrected chi connectivity index (χ3v) is 4.25. The number of anilines is 1. The minimum absolute atomic E-state index is 0.0905. The smallest absolute Gasteiger partial charge is 0.307 e. The summed E-state index contributed by atoms with van der Waals surface area (Å²) in [6.45, 7) is 8.73. The summed E-state index contributed by atoms with van der Waals surface area (Å²) in [5.74, 6) is 1.41. The van der Waals surface area contributed by atoms with Gasteiger partial charge >= 0.3 is 5.97 Å². The van der Waals surface area contributed by atoms with Gasteiger partial charge in [-0.05, 0) is 39.3 Å². The molecule has 1 atom stereocenters. The number of nitrogens with one attached hydrogen (secondary N) is 2. The van der Waals surface area contributed by atoms with E-state index in [0.29, 0.717) is 6.54 Å². The molecule has 2 N–H and O–H groups in total. The van der Waals surface area contributed by atoms with Gasteiger partial charge in [-0.3, -0.25) is 9.79 Å². The van der Waals surface area contributed by atoms with Gasteiger partial charge in [0.15, 0.2) is 5.96 Å². The SMILES string of the molecule is CCNC(=NCCC(=O)OC(C)C)NC1CCN(c2ccccc2OC)C1. The van der Waals surface area contributed by atoms with Gasteiger partial charge in [0.25, 0.3) is 0 Å². The zero-order valence-electron chi connectivity index (χ0n) is 16.8. The Morgan fingerprint density at radius 3 is 2.85 bits per heavy atom. The molecule has 0 spiro atoms. The number of esters is 1. The molecule has 7 nitrogen and oxygen atoms in total. The number of rotatable bonds is 8. The molecule has 1 heterocycles. The number of benzene rings is 1. The Labute approximate surface area is 162 Å². The quantitative estimate of drug-likeness (QED) is 0.411. The maximum absolute atomic E-state index is 11.6. The number of carbonyl (C=O) groups is 1. The Balaban J connectivity index is 1.89. The van der Waals surface area contributed by atoms with Gasteiger partial charge in [-0.15, -0.1) is 0 Å². The lowest BCUT2D eigenvalue weighted by Crippen LogP contribution is -2.44. The van der Waals surface area contributed by atoms with Crippen LogP contribution in [-0.4, -0.2) is 57.4 Å². The van der Waals surface area contributed by atoms with Crippen molar-refractivity contribution < 1.29 is 14.3 Å². The van der Waals surface area contributed by atoms with Crippen LogP contribution in [0.2, 0.25) is 0 Å². The van der Waals surface area contributed by atoms with Crippen molar-refractivity contribution in [3.05, 3.63) is 24.3 Å². The van der Waals surface area contributed by atoms with E-state index >= 15 is 0 Å². The van der Waals surface area contributed by atoms with E-state index in [1.807, 2.05) is 39.0 Å². The second kappa shape index (κ2) is 10.6. The Hall–Kier alpha value is -2.44. The molecule has 27 heavy (non-hydrogen) atoms. The highest BCUT2D eigenvalue weighted by Crippen LogP contribution is 2.30. The van der Waals surface area contributed by atoms with Gasteiger partial charge in [0.05, 0.1) is 31.9 Å². The molecule has 1 aliphatic heterocycles. The number of nitrogens with zero attached hydrogens (tertiary/aromatic N) is 2. The second-order valence-corrected chi connectivity index (χ2v) is 6.80. The number of ether oxygens (including phenoxy) is 2. The summed E-state index contributed by atoms with van der Waals surface area (Å²) in [5, 5.41) is 6.72. The van der Waals surface area contributed by atoms with Crippen molar-refractivity contribution >= 4 is 17.6 Å². The second-order valence-electron chi connectivity index (χ2n) is 6.80. The molecule has 2 rings (SSSR count). The number of guanidine groups is 1. The van der Waals surface area contributed by atoms with E-state index in [4.69, 9.17) is 9.47 Å². The lowest BCUT2D eigenvalue weighted by Gasteiger charge is -2.22. The zero-order valence-corrected chi connectivity index (χ0v) is 16.8. The van der Waals surface area contributed by atoms with Crippen LogP contribution < -0.4 is 20.3 Å². The van der Waals surface area contributed by atoms with Crippen LogP contribution in [-0.2, 0) is 9.53 Å². The molecule has 1 saturated heterocycles. The summed E-state index contributed by atoms with van der Waals surface area (Å²) in [6.07, 6.45) is 1.21. The fourth-order valence-corrected chi connectivity index (χ4v) is 3.08. The van der Waals surface area contributed by atoms with Crippen LogP contribution in [0.3, 0.4) is 0 Å². The molecule has 1 fully saturated rings. The molecule has 0 bridgehead atoms. The van der Waals surface area contributed by atoms with Crippen molar-refractivity contribution in [2.45, 2.75) is 45.8 Å². The largest absolute Gasteiger partial charge is 0.495 e. The summed E-state index contributed by atoms with van der Waals surface area (Å²) in [5.41, 5.74) is 1.11. The third-order valence-electron chi connectivity index (χ3n) is 4.25. The molecule has 7 heteroatoms. The van der Waals surface area contributed by atoms with Crippen molar-refractivity contribution in [3.8, 4) is 5.75 Å². The van der Waals surface area contributed by atoms with E-state index < -0.39 is 0 Å². The molecule has 1 unspecified atom stereocenters. The lowest BCUT2D eigenvalue weighted by atomic mass is 10.2. The van der Waals surface area contributed by atoms with Crippen LogP contribution in [0.4, 0.5) is 5.69 Å². The van der Waals surface area contributed by atoms with E-state index in [-0.39, 0.29) is 24.5 Å². The van der Waals surface area contributed by atoms with Crippen LogP contribution in [0.15, 0.2) is 29.3 Å². The van der Waals surface area contributed by atoms with Gasteiger partial charge in [0.2, 0.25) is 0 Å². The molecule has 0 amide bonds. The van der Waals surface area contributed by atoms with Crippen LogP contribution in [0.25, 0.3) is 0 Å². The molecule has 1 aliphatic rings. The first kappa shape index (κ1) is 20.9. The molecule has 0 aromatic heterocycles. The monoisotopic (exact) mass is 376 g/mol. The maximum atomic E-state index is 11.6. The first-order chi connectivity index (χ1) is 13.0. The van der Waals surface area contributed by atoms with Gasteiger partial charge < -0.3 is 25.0 Å². The predicted molar refractivity (Wildman–Crippen MR) is 109 cm³/mol. The molecular weight excluding hydrogens is 344 g/mol. The van der Waals surface area contributed by atoms with Crippen LogP contribution in [0.1, 0.15) is 33.6 Å². The van der Waals surface area contributed by atoms with E-state index in [0.717, 1.165) is 43.5 Å². The molecular formula is C20H32N4O3. The molecule has 0 radical (unpaired) electrons. The van der Waals surface area contributed by atoms with Crippen molar-refractivity contribution in [2.24, 2.45) is 4.99 Å².